The highest BCUT2D eigenvalue weighted by Crippen LogP contribution is 2.21. The molecule has 1 rings (SSSR count). The average Bonchev–Trinajstić information content (AvgIpc) is 2.53. The first-order chi connectivity index (χ1) is 7.80. The summed E-state index contributed by atoms with van der Waals surface area (Å²) < 4.78 is 11.0. The Morgan fingerprint density at radius 3 is 2.65 bits per heavy atom. The Morgan fingerprint density at radius 2 is 2.18 bits per heavy atom. The quantitative estimate of drug-likeness (QED) is 0.744. The van der Waals surface area contributed by atoms with Gasteiger partial charge in [0.1, 0.15) is 6.10 Å². The molecule has 0 aliphatic carbocycles. The van der Waals surface area contributed by atoms with Crippen LogP contribution in [0.2, 0.25) is 0 Å². The summed E-state index contributed by atoms with van der Waals surface area (Å²) in [5.41, 5.74) is 5.77. The second-order valence-electron chi connectivity index (χ2n) is 5.43. The predicted molar refractivity (Wildman–Crippen MR) is 65.3 cm³/mol. The van der Waals surface area contributed by atoms with Crippen LogP contribution in [-0.4, -0.2) is 37.0 Å². The Balaban J connectivity index is 2.25. The van der Waals surface area contributed by atoms with Crippen LogP contribution in [0, 0.1) is 5.92 Å². The van der Waals surface area contributed by atoms with Crippen molar-refractivity contribution in [3.63, 3.8) is 0 Å². The van der Waals surface area contributed by atoms with Crippen molar-refractivity contribution in [2.45, 2.75) is 52.0 Å². The van der Waals surface area contributed by atoms with Gasteiger partial charge in [-0.2, -0.15) is 0 Å². The molecular formula is C12H24N2O3. The third kappa shape index (κ3) is 5.02. The largest absolute Gasteiger partial charge is 0.352 e. The van der Waals surface area contributed by atoms with Crippen molar-refractivity contribution in [1.82, 2.24) is 5.32 Å². The van der Waals surface area contributed by atoms with E-state index in [0.717, 1.165) is 0 Å². The molecule has 2 atom stereocenters. The number of hydrogen-bond donors (Lipinski definition) is 2. The first kappa shape index (κ1) is 14.4. The van der Waals surface area contributed by atoms with Crippen LogP contribution in [0.5, 0.6) is 0 Å². The van der Waals surface area contributed by atoms with Crippen molar-refractivity contribution in [3.05, 3.63) is 0 Å². The number of nitrogens with two attached hydrogens (primary N) is 1. The molecule has 0 spiro atoms. The van der Waals surface area contributed by atoms with Gasteiger partial charge in [0.2, 0.25) is 5.91 Å². The van der Waals surface area contributed by atoms with E-state index in [2.05, 4.69) is 5.32 Å². The lowest BCUT2D eigenvalue weighted by Gasteiger charge is -2.18. The zero-order chi connectivity index (χ0) is 13.1. The molecule has 1 amide bonds. The summed E-state index contributed by atoms with van der Waals surface area (Å²) >= 11 is 0. The Bertz CT molecular complexity index is 266. The number of hydrogen-bond acceptors (Lipinski definition) is 4. The summed E-state index contributed by atoms with van der Waals surface area (Å²) in [7, 11) is 0. The van der Waals surface area contributed by atoms with Crippen molar-refractivity contribution in [2.24, 2.45) is 11.7 Å². The minimum atomic E-state index is -0.546. The second kappa shape index (κ2) is 5.80. The average molecular weight is 244 g/mol. The van der Waals surface area contributed by atoms with Crippen LogP contribution >= 0.6 is 0 Å². The van der Waals surface area contributed by atoms with Gasteiger partial charge in [-0.05, 0) is 26.2 Å². The van der Waals surface area contributed by atoms with E-state index < -0.39 is 11.8 Å². The van der Waals surface area contributed by atoms with Crippen molar-refractivity contribution in [3.8, 4) is 0 Å². The fourth-order valence-electron chi connectivity index (χ4n) is 1.82. The summed E-state index contributed by atoms with van der Waals surface area (Å²) in [5, 5.41) is 2.80. The molecule has 0 aromatic heterocycles. The lowest BCUT2D eigenvalue weighted by atomic mass is 10.0. The topological polar surface area (TPSA) is 73.6 Å². The van der Waals surface area contributed by atoms with Crippen LogP contribution in [0.3, 0.4) is 0 Å². The smallest absolute Gasteiger partial charge is 0.237 e. The van der Waals surface area contributed by atoms with Crippen LogP contribution in [-0.2, 0) is 14.3 Å². The van der Waals surface area contributed by atoms with E-state index in [1.54, 1.807) is 0 Å². The maximum absolute atomic E-state index is 11.7. The zero-order valence-corrected chi connectivity index (χ0v) is 11.2. The highest BCUT2D eigenvalue weighted by atomic mass is 16.7. The summed E-state index contributed by atoms with van der Waals surface area (Å²) in [5.74, 6) is -0.247. The van der Waals surface area contributed by atoms with Gasteiger partial charge in [0.15, 0.2) is 5.79 Å². The van der Waals surface area contributed by atoms with Gasteiger partial charge < -0.3 is 20.5 Å². The molecule has 0 bridgehead atoms. The zero-order valence-electron chi connectivity index (χ0n) is 11.2. The van der Waals surface area contributed by atoms with Gasteiger partial charge in [-0.15, -0.1) is 0 Å². The van der Waals surface area contributed by atoms with E-state index in [1.165, 1.54) is 0 Å². The highest BCUT2D eigenvalue weighted by molar-refractivity contribution is 5.81. The molecule has 100 valence electrons. The second-order valence-corrected chi connectivity index (χ2v) is 5.43. The fourth-order valence-corrected chi connectivity index (χ4v) is 1.82. The van der Waals surface area contributed by atoms with E-state index in [4.69, 9.17) is 15.2 Å². The van der Waals surface area contributed by atoms with Gasteiger partial charge in [0, 0.05) is 6.54 Å². The Kier molecular flexibility index (Phi) is 4.91. The van der Waals surface area contributed by atoms with E-state index in [9.17, 15) is 4.79 Å². The number of rotatable bonds is 5. The third-order valence-electron chi connectivity index (χ3n) is 2.63. The molecule has 5 nitrogen and oxygen atoms in total. The summed E-state index contributed by atoms with van der Waals surface area (Å²) in [6, 6.07) is -0.440. The normalized spacial score (nSPS) is 24.9. The Morgan fingerprint density at radius 1 is 1.53 bits per heavy atom. The number of ether oxygens (including phenoxy) is 2. The molecule has 0 aromatic rings. The highest BCUT2D eigenvalue weighted by Gasteiger charge is 2.32. The SMILES string of the molecule is CC(C)CC(N)C(=O)NCC1COC(C)(C)O1. The van der Waals surface area contributed by atoms with E-state index >= 15 is 0 Å². The summed E-state index contributed by atoms with van der Waals surface area (Å²) in [4.78, 5) is 11.7. The molecule has 0 radical (unpaired) electrons. The van der Waals surface area contributed by atoms with Gasteiger partial charge in [0.25, 0.3) is 0 Å². The summed E-state index contributed by atoms with van der Waals surface area (Å²) in [6.07, 6.45) is 0.611. The van der Waals surface area contributed by atoms with Crippen molar-refractivity contribution in [1.29, 1.82) is 0 Å². The molecule has 1 fully saturated rings. The molecule has 3 N–H and O–H groups in total. The van der Waals surface area contributed by atoms with Gasteiger partial charge in [0.05, 0.1) is 12.6 Å². The fraction of sp³-hybridized carbons (Fsp3) is 0.917. The molecular weight excluding hydrogens is 220 g/mol. The standard InChI is InChI=1S/C12H24N2O3/c1-8(2)5-10(13)11(15)14-6-9-7-16-12(3,4)17-9/h8-10H,5-7,13H2,1-4H3,(H,14,15). The van der Waals surface area contributed by atoms with Crippen LogP contribution in [0.4, 0.5) is 0 Å². The lowest BCUT2D eigenvalue weighted by molar-refractivity contribution is -0.139. The molecule has 2 unspecified atom stereocenters. The molecule has 1 saturated heterocycles. The van der Waals surface area contributed by atoms with Gasteiger partial charge >= 0.3 is 0 Å². The Labute approximate surface area is 103 Å². The molecule has 1 aliphatic rings. The molecule has 17 heavy (non-hydrogen) atoms. The minimum Gasteiger partial charge on any atom is -0.352 e. The van der Waals surface area contributed by atoms with Crippen molar-refractivity contribution < 1.29 is 14.3 Å². The van der Waals surface area contributed by atoms with E-state index in [1.807, 2.05) is 27.7 Å². The molecule has 0 saturated carbocycles. The maximum Gasteiger partial charge on any atom is 0.237 e. The molecule has 5 heteroatoms. The van der Waals surface area contributed by atoms with Crippen LogP contribution < -0.4 is 11.1 Å². The van der Waals surface area contributed by atoms with Crippen molar-refractivity contribution >= 4 is 5.91 Å². The minimum absolute atomic E-state index is 0.0831. The van der Waals surface area contributed by atoms with E-state index in [-0.39, 0.29) is 12.0 Å². The number of carbonyl (C=O) groups is 1. The van der Waals surface area contributed by atoms with E-state index in [0.29, 0.717) is 25.5 Å². The molecule has 1 heterocycles. The number of carbonyl (C=O) groups excluding carboxylic acids is 1. The first-order valence-electron chi connectivity index (χ1n) is 6.15. The van der Waals surface area contributed by atoms with Gasteiger partial charge in [-0.3, -0.25) is 4.79 Å². The summed E-state index contributed by atoms with van der Waals surface area (Å²) in [6.45, 7) is 8.77. The Hall–Kier alpha value is -0.650. The number of nitrogens with one attached hydrogen (secondary N) is 1. The van der Waals surface area contributed by atoms with Crippen LogP contribution in [0.1, 0.15) is 34.1 Å². The number of amides is 1. The van der Waals surface area contributed by atoms with Crippen molar-refractivity contribution in [2.75, 3.05) is 13.2 Å². The van der Waals surface area contributed by atoms with Gasteiger partial charge in [-0.25, -0.2) is 0 Å². The predicted octanol–water partition coefficient (Wildman–Crippen LogP) is 0.628. The molecule has 0 aromatic carbocycles. The monoisotopic (exact) mass is 244 g/mol. The van der Waals surface area contributed by atoms with Crippen LogP contribution in [0.25, 0.3) is 0 Å². The first-order valence-corrected chi connectivity index (χ1v) is 6.15. The van der Waals surface area contributed by atoms with Crippen LogP contribution in [0.15, 0.2) is 0 Å². The molecule has 1 aliphatic heterocycles. The lowest BCUT2D eigenvalue weighted by Crippen LogP contribution is -2.44. The van der Waals surface area contributed by atoms with Gasteiger partial charge in [-0.1, -0.05) is 13.8 Å². The maximum atomic E-state index is 11.7. The third-order valence-corrected chi connectivity index (χ3v) is 2.63.